The number of likely N-dealkylation sites (tertiary alicyclic amines) is 1. The van der Waals surface area contributed by atoms with Crippen LogP contribution in [0.2, 0.25) is 5.02 Å². The summed E-state index contributed by atoms with van der Waals surface area (Å²) < 4.78 is 0. The number of aromatic nitrogens is 2. The molecule has 0 radical (unpaired) electrons. The number of hydrogen-bond donors (Lipinski definition) is 0. The molecule has 5 rings (SSSR count). The van der Waals surface area contributed by atoms with Crippen molar-refractivity contribution in [3.63, 3.8) is 0 Å². The van der Waals surface area contributed by atoms with Gasteiger partial charge < -0.3 is 14.7 Å². The molecule has 0 bridgehead atoms. The number of carbonyl (C=O) groups is 1. The Labute approximate surface area is 199 Å². The molecule has 1 unspecified atom stereocenters. The Morgan fingerprint density at radius 2 is 1.88 bits per heavy atom. The Kier molecular flexibility index (Phi) is 6.07. The second-order valence-electron chi connectivity index (χ2n) is 9.19. The van der Waals surface area contributed by atoms with Crippen LogP contribution in [0.3, 0.4) is 0 Å². The molecule has 32 heavy (non-hydrogen) atoms. The minimum absolute atomic E-state index is 0.254. The number of fused-ring (bicyclic) bond motifs is 1. The summed E-state index contributed by atoms with van der Waals surface area (Å²) >= 11 is 8.25. The molecule has 0 N–H and O–H groups in total. The zero-order chi connectivity index (χ0) is 22.3. The average Bonchev–Trinajstić information content (AvgIpc) is 3.20. The number of anilines is 1. The van der Waals surface area contributed by atoms with Gasteiger partial charge in [0, 0.05) is 47.8 Å². The lowest BCUT2D eigenvalue weighted by Gasteiger charge is -2.45. The fourth-order valence-corrected chi connectivity index (χ4v) is 6.56. The molecular formula is C24H30ClN5OS. The Bertz CT molecular complexity index is 1000. The summed E-state index contributed by atoms with van der Waals surface area (Å²) in [5, 5.41) is 1.12. The lowest BCUT2D eigenvalue weighted by molar-refractivity contribution is -0.139. The van der Waals surface area contributed by atoms with E-state index in [9.17, 15) is 4.79 Å². The van der Waals surface area contributed by atoms with Crippen LogP contribution in [0.15, 0.2) is 30.6 Å². The smallest absolute Gasteiger partial charge is 0.233 e. The molecule has 0 spiro atoms. The second-order valence-corrected chi connectivity index (χ2v) is 11.0. The van der Waals surface area contributed by atoms with Crippen LogP contribution in [0.25, 0.3) is 0 Å². The molecule has 2 saturated heterocycles. The highest BCUT2D eigenvalue weighted by atomic mass is 35.5. The maximum absolute atomic E-state index is 14.0. The van der Waals surface area contributed by atoms with E-state index >= 15 is 0 Å². The summed E-state index contributed by atoms with van der Waals surface area (Å²) in [7, 11) is 2.13. The topological polar surface area (TPSA) is 52.6 Å². The average molecular weight is 472 g/mol. The van der Waals surface area contributed by atoms with Gasteiger partial charge in [0.25, 0.3) is 0 Å². The molecule has 6 nitrogen and oxygen atoms in total. The third-order valence-corrected chi connectivity index (χ3v) is 8.73. The fourth-order valence-electron chi connectivity index (χ4n) is 5.33. The normalized spacial score (nSPS) is 23.3. The second kappa shape index (κ2) is 8.84. The van der Waals surface area contributed by atoms with E-state index in [-0.39, 0.29) is 5.91 Å². The van der Waals surface area contributed by atoms with Crippen LogP contribution in [0, 0.1) is 0 Å². The number of hydrogen-bond acceptors (Lipinski definition) is 6. The molecule has 4 heterocycles. The van der Waals surface area contributed by atoms with Crippen molar-refractivity contribution in [2.24, 2.45) is 0 Å². The number of thioether (sulfide) groups is 1. The molecule has 1 aromatic heterocycles. The van der Waals surface area contributed by atoms with Crippen LogP contribution < -0.4 is 4.90 Å². The van der Waals surface area contributed by atoms with E-state index in [0.717, 1.165) is 74.9 Å². The van der Waals surface area contributed by atoms with Gasteiger partial charge in [-0.3, -0.25) is 4.79 Å². The van der Waals surface area contributed by atoms with Crippen LogP contribution >= 0.6 is 23.4 Å². The van der Waals surface area contributed by atoms with Gasteiger partial charge in [-0.05, 0) is 57.6 Å². The highest BCUT2D eigenvalue weighted by Gasteiger charge is 2.45. The first kappa shape index (κ1) is 22.0. The zero-order valence-electron chi connectivity index (χ0n) is 18.8. The number of carbonyl (C=O) groups excluding carboxylic acids is 1. The number of benzene rings is 1. The zero-order valence-corrected chi connectivity index (χ0v) is 20.3. The third kappa shape index (κ3) is 3.88. The van der Waals surface area contributed by atoms with Crippen molar-refractivity contribution in [2.75, 3.05) is 51.2 Å². The van der Waals surface area contributed by atoms with Gasteiger partial charge in [-0.15, -0.1) is 11.8 Å². The molecule has 3 aliphatic heterocycles. The quantitative estimate of drug-likeness (QED) is 0.679. The Hall–Kier alpha value is -1.83. The molecule has 2 fully saturated rings. The van der Waals surface area contributed by atoms with E-state index in [0.29, 0.717) is 10.3 Å². The molecule has 0 saturated carbocycles. The lowest BCUT2D eigenvalue weighted by atomic mass is 9.71. The van der Waals surface area contributed by atoms with Crippen molar-refractivity contribution in [3.8, 4) is 0 Å². The predicted molar refractivity (Wildman–Crippen MR) is 130 cm³/mol. The monoisotopic (exact) mass is 471 g/mol. The number of piperazine rings is 1. The van der Waals surface area contributed by atoms with Crippen LogP contribution in [-0.2, 0) is 16.0 Å². The first-order valence-corrected chi connectivity index (χ1v) is 12.8. The summed E-state index contributed by atoms with van der Waals surface area (Å²) in [5.41, 5.74) is 3.02. The van der Waals surface area contributed by atoms with Crippen LogP contribution in [0.1, 0.15) is 41.8 Å². The van der Waals surface area contributed by atoms with Crippen molar-refractivity contribution in [1.29, 1.82) is 0 Å². The maximum atomic E-state index is 14.0. The number of rotatable bonds is 3. The molecule has 1 aromatic carbocycles. The number of halogens is 1. The van der Waals surface area contributed by atoms with Gasteiger partial charge in [0.2, 0.25) is 5.91 Å². The summed E-state index contributed by atoms with van der Waals surface area (Å²) in [5.74, 6) is 2.27. The standard InChI is InChI=1S/C24H30ClN5OS/c1-17-21-20(15-32-17)26-16-27-22(21)29-10-12-30(13-11-29)23(31)24(6-8-28(2)9-7-24)18-4-3-5-19(25)14-18/h3-5,14,16-17H,6-13,15H2,1-2H3. The first-order chi connectivity index (χ1) is 15.5. The summed E-state index contributed by atoms with van der Waals surface area (Å²) in [6.45, 7) is 7.12. The number of nitrogens with zero attached hydrogens (tertiary/aromatic N) is 5. The van der Waals surface area contributed by atoms with Crippen LogP contribution in [-0.4, -0.2) is 72.0 Å². The minimum Gasteiger partial charge on any atom is -0.353 e. The fraction of sp³-hybridized carbons (Fsp3) is 0.542. The Morgan fingerprint density at radius 3 is 2.59 bits per heavy atom. The summed E-state index contributed by atoms with van der Waals surface area (Å²) in [6.07, 6.45) is 3.35. The van der Waals surface area contributed by atoms with Gasteiger partial charge >= 0.3 is 0 Å². The van der Waals surface area contributed by atoms with Crippen LogP contribution in [0.4, 0.5) is 5.82 Å². The van der Waals surface area contributed by atoms with Crippen molar-refractivity contribution in [1.82, 2.24) is 19.8 Å². The molecule has 0 aliphatic carbocycles. The molecule has 1 atom stereocenters. The highest BCUT2D eigenvalue weighted by Crippen LogP contribution is 2.44. The first-order valence-electron chi connectivity index (χ1n) is 11.4. The highest BCUT2D eigenvalue weighted by molar-refractivity contribution is 7.99. The SMILES string of the molecule is CC1SCc2ncnc(N3CCN(C(=O)C4(c5cccc(Cl)c5)CCN(C)CC4)CC3)c21. The Balaban J connectivity index is 1.36. The number of piperidine rings is 1. The van der Waals surface area contributed by atoms with Crippen molar-refractivity contribution < 1.29 is 4.79 Å². The van der Waals surface area contributed by atoms with Gasteiger partial charge in [-0.1, -0.05) is 23.7 Å². The largest absolute Gasteiger partial charge is 0.353 e. The van der Waals surface area contributed by atoms with E-state index in [1.165, 1.54) is 5.56 Å². The predicted octanol–water partition coefficient (Wildman–Crippen LogP) is 3.75. The summed E-state index contributed by atoms with van der Waals surface area (Å²) in [4.78, 5) is 29.8. The van der Waals surface area contributed by atoms with Gasteiger partial charge in [-0.2, -0.15) is 0 Å². The molecular weight excluding hydrogens is 442 g/mol. The maximum Gasteiger partial charge on any atom is 0.233 e. The van der Waals surface area contributed by atoms with E-state index in [1.807, 2.05) is 30.0 Å². The van der Waals surface area contributed by atoms with Crippen molar-refractivity contribution in [2.45, 2.75) is 36.2 Å². The third-order valence-electron chi connectivity index (χ3n) is 7.32. The van der Waals surface area contributed by atoms with E-state index in [2.05, 4.69) is 44.7 Å². The molecule has 170 valence electrons. The van der Waals surface area contributed by atoms with Gasteiger partial charge in [0.05, 0.1) is 11.1 Å². The number of amides is 1. The van der Waals surface area contributed by atoms with Gasteiger partial charge in [0.15, 0.2) is 0 Å². The van der Waals surface area contributed by atoms with E-state index in [1.54, 1.807) is 6.33 Å². The molecule has 3 aliphatic rings. The molecule has 2 aromatic rings. The van der Waals surface area contributed by atoms with Gasteiger partial charge in [-0.25, -0.2) is 9.97 Å². The molecule has 1 amide bonds. The molecule has 8 heteroatoms. The Morgan fingerprint density at radius 1 is 1.12 bits per heavy atom. The van der Waals surface area contributed by atoms with Crippen molar-refractivity contribution >= 4 is 35.1 Å². The van der Waals surface area contributed by atoms with Gasteiger partial charge in [0.1, 0.15) is 12.1 Å². The lowest BCUT2D eigenvalue weighted by Crippen LogP contribution is -2.57. The van der Waals surface area contributed by atoms with Crippen molar-refractivity contribution in [3.05, 3.63) is 52.4 Å². The van der Waals surface area contributed by atoms with E-state index in [4.69, 9.17) is 11.6 Å². The minimum atomic E-state index is -0.485. The van der Waals surface area contributed by atoms with E-state index < -0.39 is 5.41 Å². The van der Waals surface area contributed by atoms with Crippen LogP contribution in [0.5, 0.6) is 0 Å². The summed E-state index contributed by atoms with van der Waals surface area (Å²) in [6, 6.07) is 7.92.